The van der Waals surface area contributed by atoms with E-state index in [1.165, 1.54) is 28.1 Å². The Hall–Kier alpha value is -2.68. The minimum Gasteiger partial charge on any atom is -0.507 e. The van der Waals surface area contributed by atoms with Gasteiger partial charge in [-0.1, -0.05) is 18.2 Å². The van der Waals surface area contributed by atoms with Gasteiger partial charge in [-0.2, -0.15) is 4.58 Å². The van der Waals surface area contributed by atoms with Crippen LogP contribution in [0.15, 0.2) is 47.1 Å². The van der Waals surface area contributed by atoms with Crippen LogP contribution in [0.2, 0.25) is 0 Å². The number of phenols is 1. The number of aliphatic imine (C=N–C) groups is 1. The lowest BCUT2D eigenvalue weighted by Crippen LogP contribution is -2.15. The smallest absolute Gasteiger partial charge is 0.236 e. The second-order valence-electron chi connectivity index (χ2n) is 6.58. The van der Waals surface area contributed by atoms with Gasteiger partial charge in [-0.05, 0) is 50.5 Å². The number of phenolic OH excluding ortho intramolecular Hbond substituents is 1. The molecule has 0 aromatic heterocycles. The molecule has 2 aromatic carbocycles. The minimum atomic E-state index is 0.339. The van der Waals surface area contributed by atoms with Crippen molar-refractivity contribution in [2.24, 2.45) is 4.99 Å². The van der Waals surface area contributed by atoms with Crippen molar-refractivity contribution in [2.45, 2.75) is 27.2 Å². The molecule has 0 amide bonds. The molecule has 0 bridgehead atoms. The van der Waals surface area contributed by atoms with Gasteiger partial charge < -0.3 is 5.11 Å². The van der Waals surface area contributed by atoms with E-state index in [0.717, 1.165) is 29.8 Å². The summed E-state index contributed by atoms with van der Waals surface area (Å²) in [5.74, 6) is 0.339. The summed E-state index contributed by atoms with van der Waals surface area (Å²) < 4.78 is 2.20. The number of fused-ring (bicyclic) bond motifs is 2. The summed E-state index contributed by atoms with van der Waals surface area (Å²) in [5, 5.41) is 10.4. The average Bonchev–Trinajstić information content (AvgIpc) is 2.86. The molecule has 2 aromatic rings. The van der Waals surface area contributed by atoms with E-state index in [0.29, 0.717) is 5.75 Å². The van der Waals surface area contributed by atoms with Crippen LogP contribution in [0.1, 0.15) is 35.6 Å². The van der Waals surface area contributed by atoms with Crippen LogP contribution in [0.5, 0.6) is 5.75 Å². The van der Waals surface area contributed by atoms with Crippen LogP contribution in [0, 0.1) is 13.8 Å². The third kappa shape index (κ3) is 2.20. The van der Waals surface area contributed by atoms with E-state index in [4.69, 9.17) is 0 Å². The summed E-state index contributed by atoms with van der Waals surface area (Å²) in [6.07, 6.45) is 3.00. The zero-order valence-electron chi connectivity index (χ0n) is 14.3. The van der Waals surface area contributed by atoms with Crippen LogP contribution < -0.4 is 0 Å². The number of dihydropyridines is 1. The van der Waals surface area contributed by atoms with Crippen molar-refractivity contribution in [2.75, 3.05) is 6.54 Å². The van der Waals surface area contributed by atoms with Gasteiger partial charge in [0.15, 0.2) is 6.21 Å². The Morgan fingerprint density at radius 2 is 1.96 bits per heavy atom. The van der Waals surface area contributed by atoms with Crippen molar-refractivity contribution < 1.29 is 9.68 Å². The van der Waals surface area contributed by atoms with Crippen LogP contribution in [0.25, 0.3) is 5.57 Å². The molecule has 120 valence electrons. The normalized spacial score (nSPS) is 17.8. The predicted molar refractivity (Wildman–Crippen MR) is 98.6 cm³/mol. The fraction of sp³-hybridized carbons (Fsp3) is 0.238. The van der Waals surface area contributed by atoms with E-state index in [9.17, 15) is 5.11 Å². The molecule has 3 heteroatoms. The van der Waals surface area contributed by atoms with E-state index >= 15 is 0 Å². The second kappa shape index (κ2) is 5.45. The number of allylic oxidation sites excluding steroid dienone is 1. The van der Waals surface area contributed by atoms with Crippen molar-refractivity contribution in [1.29, 1.82) is 0 Å². The number of aromatic hydroxyl groups is 1. The van der Waals surface area contributed by atoms with E-state index < -0.39 is 0 Å². The first-order valence-electron chi connectivity index (χ1n) is 8.34. The molecule has 0 spiro atoms. The maximum absolute atomic E-state index is 10.4. The first kappa shape index (κ1) is 14.9. The third-order valence-electron chi connectivity index (χ3n) is 4.86. The number of rotatable bonds is 1. The van der Waals surface area contributed by atoms with E-state index in [-0.39, 0.29) is 0 Å². The monoisotopic (exact) mass is 317 g/mol. The standard InChI is InChI=1S/C21H20N2O/c1-13-7-8-17-18-9-10-22-15(3)20(18)23(19(17)11-13)12-16-6-4-5-14(2)21(16)24/h4-8,11-12H,9-10H2,1-3H3/p+1. The highest BCUT2D eigenvalue weighted by atomic mass is 16.3. The van der Waals surface area contributed by atoms with E-state index in [2.05, 4.69) is 41.6 Å². The Morgan fingerprint density at radius 3 is 2.79 bits per heavy atom. The molecule has 0 unspecified atom stereocenters. The molecule has 24 heavy (non-hydrogen) atoms. The molecule has 3 nitrogen and oxygen atoms in total. The quantitative estimate of drug-likeness (QED) is 0.779. The molecular formula is C21H21N2O+. The van der Waals surface area contributed by atoms with Crippen LogP contribution >= 0.6 is 0 Å². The summed E-state index contributed by atoms with van der Waals surface area (Å²) >= 11 is 0. The van der Waals surface area contributed by atoms with Crippen molar-refractivity contribution in [3.8, 4) is 5.75 Å². The number of benzene rings is 2. The summed E-state index contributed by atoms with van der Waals surface area (Å²) in [7, 11) is 0. The Morgan fingerprint density at radius 1 is 1.12 bits per heavy atom. The van der Waals surface area contributed by atoms with Crippen LogP contribution in [-0.4, -0.2) is 28.2 Å². The van der Waals surface area contributed by atoms with E-state index in [1.54, 1.807) is 0 Å². The molecule has 2 aliphatic rings. The van der Waals surface area contributed by atoms with Crippen LogP contribution in [0.4, 0.5) is 5.69 Å². The number of para-hydroxylation sites is 1. The lowest BCUT2D eigenvalue weighted by atomic mass is 9.98. The maximum atomic E-state index is 10.4. The lowest BCUT2D eigenvalue weighted by molar-refractivity contribution is -0.362. The molecular weight excluding hydrogens is 296 g/mol. The van der Waals surface area contributed by atoms with Crippen molar-refractivity contribution in [1.82, 2.24) is 0 Å². The molecule has 0 aliphatic carbocycles. The number of hydrogen-bond acceptors (Lipinski definition) is 2. The van der Waals surface area contributed by atoms with Gasteiger partial charge in [0.05, 0.1) is 11.1 Å². The van der Waals surface area contributed by atoms with Gasteiger partial charge in [-0.15, -0.1) is 0 Å². The predicted octanol–water partition coefficient (Wildman–Crippen LogP) is 4.36. The summed E-state index contributed by atoms with van der Waals surface area (Å²) in [5.41, 5.74) is 9.00. The van der Waals surface area contributed by atoms with Crippen molar-refractivity contribution in [3.63, 3.8) is 0 Å². The van der Waals surface area contributed by atoms with E-state index in [1.807, 2.05) is 31.3 Å². The van der Waals surface area contributed by atoms with Gasteiger partial charge in [0.1, 0.15) is 11.5 Å². The molecule has 0 atom stereocenters. The van der Waals surface area contributed by atoms with Gasteiger partial charge in [-0.3, -0.25) is 4.99 Å². The van der Waals surface area contributed by atoms with Gasteiger partial charge in [0, 0.05) is 18.2 Å². The first-order chi connectivity index (χ1) is 11.6. The third-order valence-corrected chi connectivity index (χ3v) is 4.86. The Kier molecular flexibility index (Phi) is 3.38. The Labute approximate surface area is 142 Å². The summed E-state index contributed by atoms with van der Waals surface area (Å²) in [6.45, 7) is 6.96. The average molecular weight is 317 g/mol. The highest BCUT2D eigenvalue weighted by Crippen LogP contribution is 2.42. The van der Waals surface area contributed by atoms with Crippen LogP contribution in [0.3, 0.4) is 0 Å². The SMILES string of the molecule is CC1=NCCC2=C1[N+](=Cc1cccc(C)c1O)c1cc(C)ccc12. The number of hydrogen-bond donors (Lipinski definition) is 1. The summed E-state index contributed by atoms with van der Waals surface area (Å²) in [6, 6.07) is 12.4. The molecule has 2 heterocycles. The van der Waals surface area contributed by atoms with Gasteiger partial charge in [0.2, 0.25) is 11.4 Å². The van der Waals surface area contributed by atoms with Gasteiger partial charge >= 0.3 is 0 Å². The van der Waals surface area contributed by atoms with Crippen molar-refractivity contribution >= 4 is 23.2 Å². The highest BCUT2D eigenvalue weighted by Gasteiger charge is 2.37. The van der Waals surface area contributed by atoms with Gasteiger partial charge in [-0.25, -0.2) is 0 Å². The number of nitrogens with zero attached hydrogens (tertiary/aromatic N) is 2. The van der Waals surface area contributed by atoms with Crippen molar-refractivity contribution in [3.05, 3.63) is 64.3 Å². The summed E-state index contributed by atoms with van der Waals surface area (Å²) in [4.78, 5) is 4.64. The number of aryl methyl sites for hydroxylation is 2. The molecule has 4 rings (SSSR count). The zero-order valence-corrected chi connectivity index (χ0v) is 14.3. The Bertz CT molecular complexity index is 948. The first-order valence-corrected chi connectivity index (χ1v) is 8.34. The molecule has 0 radical (unpaired) electrons. The lowest BCUT2D eigenvalue weighted by Gasteiger charge is -2.08. The van der Waals surface area contributed by atoms with Gasteiger partial charge in [0.25, 0.3) is 0 Å². The molecule has 1 N–H and O–H groups in total. The molecule has 0 fully saturated rings. The zero-order chi connectivity index (χ0) is 16.8. The minimum absolute atomic E-state index is 0.339. The second-order valence-corrected chi connectivity index (χ2v) is 6.58. The van der Waals surface area contributed by atoms with Crippen LogP contribution in [-0.2, 0) is 0 Å². The topological polar surface area (TPSA) is 35.6 Å². The molecule has 2 aliphatic heterocycles. The molecule has 0 saturated heterocycles. The fourth-order valence-corrected chi connectivity index (χ4v) is 3.60. The fourth-order valence-electron chi connectivity index (χ4n) is 3.60. The molecule has 0 saturated carbocycles. The highest BCUT2D eigenvalue weighted by molar-refractivity contribution is 6.07. The maximum Gasteiger partial charge on any atom is 0.236 e. The Balaban J connectivity index is 1.98. The largest absolute Gasteiger partial charge is 0.507 e.